The minimum atomic E-state index is 0.0186. The number of hydrogen-bond acceptors (Lipinski definition) is 5. The second kappa shape index (κ2) is 7.40. The SMILES string of the molecule is Cc1cccc(CN2CC[C@@H]3OCC[C@H](C(=O)N4CCCO4)[C@H]3C2)n1. The van der Waals surface area contributed by atoms with Crippen LogP contribution in [0.25, 0.3) is 0 Å². The molecular formula is C19H27N3O3. The van der Waals surface area contributed by atoms with Crippen LogP contribution in [0, 0.1) is 18.8 Å². The van der Waals surface area contributed by atoms with Gasteiger partial charge in [-0.05, 0) is 38.3 Å². The maximum Gasteiger partial charge on any atom is 0.249 e. The lowest BCUT2D eigenvalue weighted by Gasteiger charge is -2.45. The molecule has 0 aliphatic carbocycles. The zero-order chi connectivity index (χ0) is 17.2. The van der Waals surface area contributed by atoms with E-state index in [0.717, 1.165) is 56.8 Å². The summed E-state index contributed by atoms with van der Waals surface area (Å²) >= 11 is 0. The summed E-state index contributed by atoms with van der Waals surface area (Å²) in [4.78, 5) is 25.4. The zero-order valence-corrected chi connectivity index (χ0v) is 14.9. The van der Waals surface area contributed by atoms with Crippen LogP contribution >= 0.6 is 0 Å². The molecule has 1 amide bonds. The number of carbonyl (C=O) groups is 1. The highest BCUT2D eigenvalue weighted by Gasteiger charge is 2.43. The topological polar surface area (TPSA) is 54.9 Å². The maximum atomic E-state index is 12.9. The van der Waals surface area contributed by atoms with Crippen molar-refractivity contribution in [1.82, 2.24) is 14.9 Å². The van der Waals surface area contributed by atoms with Gasteiger partial charge in [0.1, 0.15) is 0 Å². The molecule has 1 aromatic heterocycles. The summed E-state index contributed by atoms with van der Waals surface area (Å²) in [6, 6.07) is 6.16. The molecule has 3 atom stereocenters. The zero-order valence-electron chi connectivity index (χ0n) is 14.9. The molecule has 3 aliphatic heterocycles. The fourth-order valence-electron chi connectivity index (χ4n) is 4.36. The second-order valence-corrected chi connectivity index (χ2v) is 7.39. The van der Waals surface area contributed by atoms with E-state index in [0.29, 0.717) is 13.2 Å². The minimum Gasteiger partial charge on any atom is -0.378 e. The Labute approximate surface area is 149 Å². The van der Waals surface area contributed by atoms with Gasteiger partial charge in [-0.1, -0.05) is 6.07 Å². The monoisotopic (exact) mass is 345 g/mol. The van der Waals surface area contributed by atoms with Gasteiger partial charge in [-0.15, -0.1) is 0 Å². The maximum absolute atomic E-state index is 12.9. The van der Waals surface area contributed by atoms with Crippen molar-refractivity contribution in [3.8, 4) is 0 Å². The van der Waals surface area contributed by atoms with Crippen LogP contribution in [0.5, 0.6) is 0 Å². The van der Waals surface area contributed by atoms with Crippen LogP contribution in [0.4, 0.5) is 0 Å². The quantitative estimate of drug-likeness (QED) is 0.836. The lowest BCUT2D eigenvalue weighted by molar-refractivity contribution is -0.185. The number of aryl methyl sites for hydroxylation is 1. The first-order chi connectivity index (χ1) is 12.2. The number of fused-ring (bicyclic) bond motifs is 1. The van der Waals surface area contributed by atoms with E-state index in [1.54, 1.807) is 5.06 Å². The molecule has 0 aromatic carbocycles. The first-order valence-electron chi connectivity index (χ1n) is 9.41. The molecule has 25 heavy (non-hydrogen) atoms. The number of rotatable bonds is 3. The highest BCUT2D eigenvalue weighted by atomic mass is 16.7. The Morgan fingerprint density at radius 1 is 1.28 bits per heavy atom. The smallest absolute Gasteiger partial charge is 0.249 e. The van der Waals surface area contributed by atoms with Crippen molar-refractivity contribution in [1.29, 1.82) is 0 Å². The number of hydroxylamine groups is 2. The number of amides is 1. The summed E-state index contributed by atoms with van der Waals surface area (Å²) in [5.41, 5.74) is 2.15. The van der Waals surface area contributed by atoms with Crippen LogP contribution in [-0.2, 0) is 20.9 Å². The predicted octanol–water partition coefficient (Wildman–Crippen LogP) is 1.78. The van der Waals surface area contributed by atoms with Gasteiger partial charge in [0.15, 0.2) is 0 Å². The number of aromatic nitrogens is 1. The average molecular weight is 345 g/mol. The van der Waals surface area contributed by atoms with Crippen molar-refractivity contribution in [2.24, 2.45) is 11.8 Å². The lowest BCUT2D eigenvalue weighted by Crippen LogP contribution is -2.53. The van der Waals surface area contributed by atoms with Crippen molar-refractivity contribution < 1.29 is 14.4 Å². The Balaban J connectivity index is 1.44. The number of carbonyl (C=O) groups excluding carboxylic acids is 1. The molecule has 4 rings (SSSR count). The molecule has 3 saturated heterocycles. The number of hydrogen-bond donors (Lipinski definition) is 0. The van der Waals surface area contributed by atoms with E-state index in [-0.39, 0.29) is 23.8 Å². The van der Waals surface area contributed by atoms with E-state index in [1.807, 2.05) is 13.0 Å². The third-order valence-corrected chi connectivity index (χ3v) is 5.60. The Kier molecular flexibility index (Phi) is 5.01. The van der Waals surface area contributed by atoms with E-state index in [9.17, 15) is 4.79 Å². The van der Waals surface area contributed by atoms with Gasteiger partial charge in [-0.2, -0.15) is 0 Å². The molecule has 136 valence electrons. The van der Waals surface area contributed by atoms with Gasteiger partial charge in [-0.3, -0.25) is 19.5 Å². The van der Waals surface area contributed by atoms with Crippen LogP contribution in [0.15, 0.2) is 18.2 Å². The number of likely N-dealkylation sites (tertiary alicyclic amines) is 1. The van der Waals surface area contributed by atoms with Crippen molar-refractivity contribution in [2.45, 2.75) is 38.8 Å². The lowest BCUT2D eigenvalue weighted by atomic mass is 9.79. The van der Waals surface area contributed by atoms with Crippen LogP contribution in [0.3, 0.4) is 0 Å². The second-order valence-electron chi connectivity index (χ2n) is 7.39. The van der Waals surface area contributed by atoms with Crippen LogP contribution in [0.2, 0.25) is 0 Å². The van der Waals surface area contributed by atoms with Crippen molar-refractivity contribution in [3.63, 3.8) is 0 Å². The normalized spacial score (nSPS) is 30.3. The summed E-state index contributed by atoms with van der Waals surface area (Å²) in [6.07, 6.45) is 2.93. The molecule has 0 radical (unpaired) electrons. The van der Waals surface area contributed by atoms with Gasteiger partial charge >= 0.3 is 0 Å². The van der Waals surface area contributed by atoms with E-state index in [4.69, 9.17) is 9.57 Å². The third kappa shape index (κ3) is 3.71. The molecular weight excluding hydrogens is 318 g/mol. The predicted molar refractivity (Wildman–Crippen MR) is 92.5 cm³/mol. The van der Waals surface area contributed by atoms with Gasteiger partial charge < -0.3 is 4.74 Å². The molecule has 0 bridgehead atoms. The fourth-order valence-corrected chi connectivity index (χ4v) is 4.36. The first-order valence-corrected chi connectivity index (χ1v) is 9.41. The van der Waals surface area contributed by atoms with E-state index in [1.165, 1.54) is 0 Å². The molecule has 6 nitrogen and oxygen atoms in total. The molecule has 0 spiro atoms. The van der Waals surface area contributed by atoms with Crippen LogP contribution in [0.1, 0.15) is 30.7 Å². The summed E-state index contributed by atoms with van der Waals surface area (Å²) in [5.74, 6) is 0.431. The molecule has 0 unspecified atom stereocenters. The number of ether oxygens (including phenoxy) is 1. The third-order valence-electron chi connectivity index (χ3n) is 5.60. The van der Waals surface area contributed by atoms with Crippen LogP contribution < -0.4 is 0 Å². The largest absolute Gasteiger partial charge is 0.378 e. The Bertz CT molecular complexity index is 618. The number of piperidine rings is 1. The van der Waals surface area contributed by atoms with Crippen molar-refractivity contribution in [3.05, 3.63) is 29.6 Å². The molecule has 6 heteroatoms. The average Bonchev–Trinajstić information content (AvgIpc) is 3.15. The van der Waals surface area contributed by atoms with E-state index in [2.05, 4.69) is 22.0 Å². The Hall–Kier alpha value is -1.50. The highest BCUT2D eigenvalue weighted by molar-refractivity contribution is 5.78. The highest BCUT2D eigenvalue weighted by Crippen LogP contribution is 2.35. The number of nitrogens with zero attached hydrogens (tertiary/aromatic N) is 3. The van der Waals surface area contributed by atoms with Crippen molar-refractivity contribution >= 4 is 5.91 Å². The molecule has 0 N–H and O–H groups in total. The molecule has 3 aliphatic rings. The summed E-state index contributed by atoms with van der Waals surface area (Å²) in [6.45, 7) is 6.83. The summed E-state index contributed by atoms with van der Waals surface area (Å²) in [5, 5.41) is 1.59. The molecule has 3 fully saturated rings. The summed E-state index contributed by atoms with van der Waals surface area (Å²) < 4.78 is 5.99. The first kappa shape index (κ1) is 16.9. The van der Waals surface area contributed by atoms with E-state index < -0.39 is 0 Å². The molecule has 0 saturated carbocycles. The van der Waals surface area contributed by atoms with Gasteiger partial charge in [0, 0.05) is 43.8 Å². The van der Waals surface area contributed by atoms with Crippen LogP contribution in [-0.4, -0.2) is 59.8 Å². The summed E-state index contributed by atoms with van der Waals surface area (Å²) in [7, 11) is 0. The molecule has 4 heterocycles. The van der Waals surface area contributed by atoms with Crippen molar-refractivity contribution in [2.75, 3.05) is 32.8 Å². The molecule has 1 aromatic rings. The Morgan fingerprint density at radius 3 is 3.00 bits per heavy atom. The van der Waals surface area contributed by atoms with Gasteiger partial charge in [0.2, 0.25) is 5.91 Å². The fraction of sp³-hybridized carbons (Fsp3) is 0.684. The Morgan fingerprint density at radius 2 is 2.20 bits per heavy atom. The van der Waals surface area contributed by atoms with Gasteiger partial charge in [-0.25, -0.2) is 5.06 Å². The number of pyridine rings is 1. The van der Waals surface area contributed by atoms with Gasteiger partial charge in [0.25, 0.3) is 0 Å². The van der Waals surface area contributed by atoms with Gasteiger partial charge in [0.05, 0.1) is 24.9 Å². The standard InChI is InChI=1S/C19H27N3O3/c1-14-4-2-5-15(20-14)12-21-9-6-18-17(13-21)16(7-11-24-18)19(23)22-8-3-10-25-22/h2,4-5,16-18H,3,6-13H2,1H3/t16-,17+,18-/m0/s1. The minimum absolute atomic E-state index is 0.0186. The van der Waals surface area contributed by atoms with E-state index >= 15 is 0 Å².